The van der Waals surface area contributed by atoms with Crippen molar-refractivity contribution in [3.63, 3.8) is 0 Å². The van der Waals surface area contributed by atoms with E-state index in [0.29, 0.717) is 18.4 Å². The molecule has 2 rings (SSSR count). The fourth-order valence-corrected chi connectivity index (χ4v) is 2.90. The third-order valence-electron chi connectivity index (χ3n) is 4.23. The highest BCUT2D eigenvalue weighted by Gasteiger charge is 2.28. The summed E-state index contributed by atoms with van der Waals surface area (Å²) >= 11 is 0. The molecule has 1 heterocycles. The lowest BCUT2D eigenvalue weighted by molar-refractivity contribution is -0.149. The third-order valence-corrected chi connectivity index (χ3v) is 4.23. The first-order valence-electron chi connectivity index (χ1n) is 7.27. The van der Waals surface area contributed by atoms with E-state index in [1.807, 2.05) is 0 Å². The van der Waals surface area contributed by atoms with Gasteiger partial charge < -0.3 is 15.2 Å². The molecule has 2 aliphatic rings. The van der Waals surface area contributed by atoms with Crippen molar-refractivity contribution in [2.24, 2.45) is 17.6 Å². The van der Waals surface area contributed by atoms with Gasteiger partial charge in [-0.2, -0.15) is 0 Å². The van der Waals surface area contributed by atoms with E-state index in [4.69, 9.17) is 15.2 Å². The second-order valence-corrected chi connectivity index (χ2v) is 5.61. The van der Waals surface area contributed by atoms with E-state index in [9.17, 15) is 4.79 Å². The number of ether oxygens (including phenoxy) is 2. The van der Waals surface area contributed by atoms with Crippen LogP contribution in [0.15, 0.2) is 0 Å². The van der Waals surface area contributed by atoms with Crippen LogP contribution in [0.3, 0.4) is 0 Å². The Labute approximate surface area is 109 Å². The summed E-state index contributed by atoms with van der Waals surface area (Å²) in [5.41, 5.74) is 6.01. The number of esters is 1. The second-order valence-electron chi connectivity index (χ2n) is 5.61. The van der Waals surface area contributed by atoms with Gasteiger partial charge in [-0.25, -0.2) is 0 Å². The molecular formula is C14H25NO3. The summed E-state index contributed by atoms with van der Waals surface area (Å²) < 4.78 is 10.7. The Morgan fingerprint density at radius 2 is 1.83 bits per heavy atom. The van der Waals surface area contributed by atoms with Crippen LogP contribution in [0.4, 0.5) is 0 Å². The molecule has 1 saturated heterocycles. The Balaban J connectivity index is 1.69. The predicted molar refractivity (Wildman–Crippen MR) is 69.1 cm³/mol. The minimum atomic E-state index is -0.412. The molecule has 104 valence electrons. The number of carbonyl (C=O) groups excluding carboxylic acids is 1. The van der Waals surface area contributed by atoms with Gasteiger partial charge in [0.1, 0.15) is 6.04 Å². The first-order chi connectivity index (χ1) is 8.77. The molecule has 0 aromatic rings. The van der Waals surface area contributed by atoms with Crippen molar-refractivity contribution in [3.8, 4) is 0 Å². The van der Waals surface area contributed by atoms with Gasteiger partial charge in [-0.3, -0.25) is 4.79 Å². The quantitative estimate of drug-likeness (QED) is 0.779. The van der Waals surface area contributed by atoms with Crippen molar-refractivity contribution in [1.29, 1.82) is 0 Å². The Hall–Kier alpha value is -0.610. The topological polar surface area (TPSA) is 61.6 Å². The summed E-state index contributed by atoms with van der Waals surface area (Å²) in [6, 6.07) is -0.412. The van der Waals surface area contributed by atoms with Crippen molar-refractivity contribution < 1.29 is 14.3 Å². The molecule has 18 heavy (non-hydrogen) atoms. The van der Waals surface area contributed by atoms with Crippen molar-refractivity contribution >= 4 is 5.97 Å². The van der Waals surface area contributed by atoms with Gasteiger partial charge in [0.15, 0.2) is 0 Å². The molecule has 0 radical (unpaired) electrons. The van der Waals surface area contributed by atoms with Gasteiger partial charge in [0.25, 0.3) is 0 Å². The molecule has 0 bridgehead atoms. The molecule has 1 aliphatic carbocycles. The number of nitrogens with two attached hydrogens (primary N) is 1. The van der Waals surface area contributed by atoms with Crippen LogP contribution in [0, 0.1) is 11.8 Å². The summed E-state index contributed by atoms with van der Waals surface area (Å²) in [6.45, 7) is 2.09. The maximum Gasteiger partial charge on any atom is 0.323 e. The van der Waals surface area contributed by atoms with Crippen molar-refractivity contribution in [2.45, 2.75) is 51.0 Å². The average Bonchev–Trinajstić information content (AvgIpc) is 2.46. The van der Waals surface area contributed by atoms with Crippen molar-refractivity contribution in [3.05, 3.63) is 0 Å². The maximum atomic E-state index is 11.9. The Morgan fingerprint density at radius 1 is 1.17 bits per heavy atom. The zero-order valence-electron chi connectivity index (χ0n) is 11.1. The molecule has 1 unspecified atom stereocenters. The van der Waals surface area contributed by atoms with Crippen LogP contribution in [0.2, 0.25) is 0 Å². The van der Waals surface area contributed by atoms with Crippen LogP contribution in [0.1, 0.15) is 44.9 Å². The molecular weight excluding hydrogens is 230 g/mol. The zero-order chi connectivity index (χ0) is 12.8. The Bertz CT molecular complexity index is 258. The smallest absolute Gasteiger partial charge is 0.323 e. The molecule has 0 amide bonds. The monoisotopic (exact) mass is 255 g/mol. The summed E-state index contributed by atoms with van der Waals surface area (Å²) in [6.07, 6.45) is 7.82. The Morgan fingerprint density at radius 3 is 2.50 bits per heavy atom. The van der Waals surface area contributed by atoms with E-state index in [1.54, 1.807) is 0 Å². The van der Waals surface area contributed by atoms with E-state index < -0.39 is 6.04 Å². The van der Waals surface area contributed by atoms with Gasteiger partial charge in [-0.1, -0.05) is 19.3 Å². The van der Waals surface area contributed by atoms with Crippen molar-refractivity contribution in [1.82, 2.24) is 0 Å². The van der Waals surface area contributed by atoms with Crippen LogP contribution in [-0.2, 0) is 14.3 Å². The van der Waals surface area contributed by atoms with Crippen LogP contribution in [-0.4, -0.2) is 31.8 Å². The lowest BCUT2D eigenvalue weighted by Gasteiger charge is -2.27. The standard InChI is InChI=1S/C14H25NO3/c15-13(12-4-2-1-3-5-12)14(16)18-10-11-6-8-17-9-7-11/h11-13H,1-10,15H2. The molecule has 4 nitrogen and oxygen atoms in total. The number of hydrogen-bond acceptors (Lipinski definition) is 4. The fourth-order valence-electron chi connectivity index (χ4n) is 2.90. The van der Waals surface area contributed by atoms with Crippen molar-refractivity contribution in [2.75, 3.05) is 19.8 Å². The number of rotatable bonds is 4. The van der Waals surface area contributed by atoms with Crippen LogP contribution in [0.5, 0.6) is 0 Å². The predicted octanol–water partition coefficient (Wildman–Crippen LogP) is 1.86. The number of hydrogen-bond donors (Lipinski definition) is 1. The summed E-state index contributed by atoms with van der Waals surface area (Å²) in [5, 5.41) is 0. The van der Waals surface area contributed by atoms with E-state index >= 15 is 0 Å². The Kier molecular flexibility index (Phi) is 5.45. The van der Waals surface area contributed by atoms with Gasteiger partial charge in [0.2, 0.25) is 0 Å². The summed E-state index contributed by atoms with van der Waals surface area (Å²) in [5.74, 6) is 0.593. The van der Waals surface area contributed by atoms with E-state index in [0.717, 1.165) is 38.9 Å². The van der Waals surface area contributed by atoms with Gasteiger partial charge in [0.05, 0.1) is 6.61 Å². The first kappa shape index (κ1) is 13.8. The first-order valence-corrected chi connectivity index (χ1v) is 7.27. The second kappa shape index (κ2) is 7.10. The highest BCUT2D eigenvalue weighted by Crippen LogP contribution is 2.26. The summed E-state index contributed by atoms with van der Waals surface area (Å²) in [7, 11) is 0. The maximum absolute atomic E-state index is 11.9. The fraction of sp³-hybridized carbons (Fsp3) is 0.929. The SMILES string of the molecule is NC(C(=O)OCC1CCOCC1)C1CCCCC1. The normalized spacial score (nSPS) is 24.7. The molecule has 0 aromatic carbocycles. The van der Waals surface area contributed by atoms with Crippen LogP contribution < -0.4 is 5.73 Å². The molecule has 4 heteroatoms. The zero-order valence-corrected chi connectivity index (χ0v) is 11.1. The lowest BCUT2D eigenvalue weighted by atomic mass is 9.84. The molecule has 0 aromatic heterocycles. The highest BCUT2D eigenvalue weighted by molar-refractivity contribution is 5.75. The molecule has 1 atom stereocenters. The van der Waals surface area contributed by atoms with Crippen LogP contribution >= 0.6 is 0 Å². The van der Waals surface area contributed by atoms with Gasteiger partial charge in [-0.15, -0.1) is 0 Å². The minimum absolute atomic E-state index is 0.201. The van der Waals surface area contributed by atoms with Gasteiger partial charge in [-0.05, 0) is 37.5 Å². The molecule has 1 saturated carbocycles. The van der Waals surface area contributed by atoms with E-state index in [2.05, 4.69) is 0 Å². The highest BCUT2D eigenvalue weighted by atomic mass is 16.5. The molecule has 0 spiro atoms. The van der Waals surface area contributed by atoms with E-state index in [1.165, 1.54) is 19.3 Å². The minimum Gasteiger partial charge on any atom is -0.464 e. The van der Waals surface area contributed by atoms with Gasteiger partial charge in [0, 0.05) is 13.2 Å². The van der Waals surface area contributed by atoms with Crippen LogP contribution in [0.25, 0.3) is 0 Å². The van der Waals surface area contributed by atoms with E-state index in [-0.39, 0.29) is 5.97 Å². The molecule has 2 fully saturated rings. The third kappa shape index (κ3) is 3.95. The van der Waals surface area contributed by atoms with Gasteiger partial charge >= 0.3 is 5.97 Å². The molecule has 2 N–H and O–H groups in total. The lowest BCUT2D eigenvalue weighted by Crippen LogP contribution is -2.41. The largest absolute Gasteiger partial charge is 0.464 e. The average molecular weight is 255 g/mol. The summed E-state index contributed by atoms with van der Waals surface area (Å²) in [4.78, 5) is 11.9. The number of carbonyl (C=O) groups is 1. The molecule has 1 aliphatic heterocycles.